The van der Waals surface area contributed by atoms with Crippen LogP contribution in [0.4, 0.5) is 5.69 Å². The maximum atomic E-state index is 12.5. The van der Waals surface area contributed by atoms with Crippen LogP contribution in [0.3, 0.4) is 0 Å². The highest BCUT2D eigenvalue weighted by Gasteiger charge is 2.20. The first kappa shape index (κ1) is 17.2. The van der Waals surface area contributed by atoms with Crippen LogP contribution in [0.2, 0.25) is 0 Å². The number of hydrogen-bond donors (Lipinski definition) is 2. The number of hydrazone groups is 1. The summed E-state index contributed by atoms with van der Waals surface area (Å²) in [4.78, 5) is 24.4. The standard InChI is InChI=1S/C18H19N3O3S/c1-12-8-9-21(20-12)14-6-4-13(5-7-14)18(24)19-15(11-17(22)23)16-3-2-10-25-16/h2-7,10,15H,8-9,11H2,1H3,(H,19,24)(H,22,23). The fourth-order valence-electron chi connectivity index (χ4n) is 2.67. The number of carbonyl (C=O) groups is 2. The first-order valence-electron chi connectivity index (χ1n) is 8.00. The number of carbonyl (C=O) groups excluding carboxylic acids is 1. The number of carboxylic acid groups (broad SMARTS) is 1. The van der Waals surface area contributed by atoms with Crippen LogP contribution < -0.4 is 10.3 Å². The summed E-state index contributed by atoms with van der Waals surface area (Å²) in [5.74, 6) is -1.23. The zero-order valence-corrected chi connectivity index (χ0v) is 14.6. The maximum absolute atomic E-state index is 12.5. The highest BCUT2D eigenvalue weighted by molar-refractivity contribution is 7.10. The molecule has 2 aromatic rings. The maximum Gasteiger partial charge on any atom is 0.305 e. The quantitative estimate of drug-likeness (QED) is 0.831. The lowest BCUT2D eigenvalue weighted by molar-refractivity contribution is -0.137. The summed E-state index contributed by atoms with van der Waals surface area (Å²) in [5.41, 5.74) is 2.53. The number of carboxylic acids is 1. The lowest BCUT2D eigenvalue weighted by Gasteiger charge is -2.17. The molecule has 7 heteroatoms. The molecule has 1 aromatic heterocycles. The van der Waals surface area contributed by atoms with E-state index in [-0.39, 0.29) is 12.3 Å². The minimum atomic E-state index is -0.948. The van der Waals surface area contributed by atoms with E-state index in [1.54, 1.807) is 12.1 Å². The molecular formula is C18H19N3O3S. The summed E-state index contributed by atoms with van der Waals surface area (Å²) in [6.07, 6.45) is 0.798. The zero-order chi connectivity index (χ0) is 17.8. The fourth-order valence-corrected chi connectivity index (χ4v) is 3.45. The Labute approximate surface area is 149 Å². The van der Waals surface area contributed by atoms with E-state index in [4.69, 9.17) is 5.11 Å². The molecule has 1 atom stereocenters. The molecule has 6 nitrogen and oxygen atoms in total. The lowest BCUT2D eigenvalue weighted by Crippen LogP contribution is -2.29. The Morgan fingerprint density at radius 2 is 2.08 bits per heavy atom. The van der Waals surface area contributed by atoms with Crippen molar-refractivity contribution in [3.63, 3.8) is 0 Å². The summed E-state index contributed by atoms with van der Waals surface area (Å²) < 4.78 is 0. The second-order valence-corrected chi connectivity index (χ2v) is 6.87. The summed E-state index contributed by atoms with van der Waals surface area (Å²) in [7, 11) is 0. The van der Waals surface area contributed by atoms with Gasteiger partial charge in [0.2, 0.25) is 0 Å². The van der Waals surface area contributed by atoms with Gasteiger partial charge in [0.15, 0.2) is 0 Å². The molecule has 1 aromatic carbocycles. The van der Waals surface area contributed by atoms with E-state index < -0.39 is 12.0 Å². The lowest BCUT2D eigenvalue weighted by atomic mass is 10.1. The van der Waals surface area contributed by atoms with Crippen LogP contribution in [0.25, 0.3) is 0 Å². The third-order valence-corrected chi connectivity index (χ3v) is 4.96. The molecule has 25 heavy (non-hydrogen) atoms. The summed E-state index contributed by atoms with van der Waals surface area (Å²) in [6, 6.07) is 10.3. The number of aliphatic carboxylic acids is 1. The number of amides is 1. The van der Waals surface area contributed by atoms with Crippen molar-refractivity contribution in [2.45, 2.75) is 25.8 Å². The molecule has 1 unspecified atom stereocenters. The zero-order valence-electron chi connectivity index (χ0n) is 13.8. The van der Waals surface area contributed by atoms with Crippen molar-refractivity contribution in [2.75, 3.05) is 11.6 Å². The Balaban J connectivity index is 1.70. The normalized spacial score (nSPS) is 14.9. The Morgan fingerprint density at radius 3 is 2.64 bits per heavy atom. The van der Waals surface area contributed by atoms with Gasteiger partial charge >= 0.3 is 5.97 Å². The Kier molecular flexibility index (Phi) is 5.14. The average Bonchev–Trinajstić information content (AvgIpc) is 3.25. The first-order chi connectivity index (χ1) is 12.0. The molecule has 2 N–H and O–H groups in total. The van der Waals surface area contributed by atoms with Crippen molar-refractivity contribution in [1.82, 2.24) is 5.32 Å². The van der Waals surface area contributed by atoms with Gasteiger partial charge in [-0.05, 0) is 42.6 Å². The van der Waals surface area contributed by atoms with Crippen LogP contribution in [-0.4, -0.2) is 29.2 Å². The molecule has 1 aliphatic heterocycles. The smallest absolute Gasteiger partial charge is 0.305 e. The van der Waals surface area contributed by atoms with E-state index in [0.29, 0.717) is 5.56 Å². The molecule has 0 bridgehead atoms. The molecule has 3 rings (SSSR count). The third-order valence-electron chi connectivity index (χ3n) is 3.98. The number of rotatable bonds is 6. The molecule has 1 aliphatic rings. The van der Waals surface area contributed by atoms with Crippen molar-refractivity contribution in [1.29, 1.82) is 0 Å². The summed E-state index contributed by atoms with van der Waals surface area (Å²) in [6.45, 7) is 2.84. The van der Waals surface area contributed by atoms with E-state index >= 15 is 0 Å². The van der Waals surface area contributed by atoms with E-state index in [1.165, 1.54) is 11.3 Å². The van der Waals surface area contributed by atoms with Gasteiger partial charge < -0.3 is 10.4 Å². The number of thiophene rings is 1. The molecule has 0 fully saturated rings. The first-order valence-corrected chi connectivity index (χ1v) is 8.88. The number of anilines is 1. The third kappa shape index (κ3) is 4.24. The summed E-state index contributed by atoms with van der Waals surface area (Å²) in [5, 5.41) is 20.1. The Morgan fingerprint density at radius 1 is 1.32 bits per heavy atom. The average molecular weight is 357 g/mol. The number of nitrogens with one attached hydrogen (secondary N) is 1. The van der Waals surface area contributed by atoms with Crippen LogP contribution in [0.5, 0.6) is 0 Å². The predicted molar refractivity (Wildman–Crippen MR) is 98.3 cm³/mol. The van der Waals surface area contributed by atoms with Crippen LogP contribution in [0, 0.1) is 0 Å². The monoisotopic (exact) mass is 357 g/mol. The van der Waals surface area contributed by atoms with Gasteiger partial charge in [-0.25, -0.2) is 0 Å². The SMILES string of the molecule is CC1=NN(c2ccc(C(=O)NC(CC(=O)O)c3cccs3)cc2)CC1. The van der Waals surface area contributed by atoms with Crippen molar-refractivity contribution >= 4 is 34.6 Å². The van der Waals surface area contributed by atoms with Gasteiger partial charge in [0, 0.05) is 29.1 Å². The van der Waals surface area contributed by atoms with Gasteiger partial charge in [-0.15, -0.1) is 11.3 Å². The summed E-state index contributed by atoms with van der Waals surface area (Å²) >= 11 is 1.43. The largest absolute Gasteiger partial charge is 0.481 e. The molecule has 0 saturated carbocycles. The number of hydrogen-bond acceptors (Lipinski definition) is 5. The topological polar surface area (TPSA) is 82.0 Å². The minimum absolute atomic E-state index is 0.147. The van der Waals surface area contributed by atoms with Crippen molar-refractivity contribution in [2.24, 2.45) is 5.10 Å². The van der Waals surface area contributed by atoms with Crippen LogP contribution >= 0.6 is 11.3 Å². The highest BCUT2D eigenvalue weighted by Crippen LogP contribution is 2.23. The molecule has 0 radical (unpaired) electrons. The Bertz CT molecular complexity index is 784. The highest BCUT2D eigenvalue weighted by atomic mass is 32.1. The number of benzene rings is 1. The van der Waals surface area contributed by atoms with E-state index in [9.17, 15) is 9.59 Å². The molecule has 0 saturated heterocycles. The van der Waals surface area contributed by atoms with Gasteiger partial charge in [0.05, 0.1) is 18.2 Å². The van der Waals surface area contributed by atoms with Crippen LogP contribution in [0.1, 0.15) is 41.0 Å². The molecule has 2 heterocycles. The molecule has 1 amide bonds. The molecule has 0 spiro atoms. The van der Waals surface area contributed by atoms with Crippen molar-refractivity contribution in [3.8, 4) is 0 Å². The van der Waals surface area contributed by atoms with E-state index in [2.05, 4.69) is 10.4 Å². The number of nitrogens with zero attached hydrogens (tertiary/aromatic N) is 2. The van der Waals surface area contributed by atoms with Crippen LogP contribution in [-0.2, 0) is 4.79 Å². The molecule has 130 valence electrons. The van der Waals surface area contributed by atoms with Crippen molar-refractivity contribution in [3.05, 3.63) is 52.2 Å². The van der Waals surface area contributed by atoms with Gasteiger partial charge in [0.1, 0.15) is 0 Å². The van der Waals surface area contributed by atoms with Gasteiger partial charge in [-0.1, -0.05) is 6.07 Å². The molecular weight excluding hydrogens is 338 g/mol. The van der Waals surface area contributed by atoms with Crippen LogP contribution in [0.15, 0.2) is 46.9 Å². The van der Waals surface area contributed by atoms with Gasteiger partial charge in [0.25, 0.3) is 5.91 Å². The predicted octanol–water partition coefficient (Wildman–Crippen LogP) is 3.28. The minimum Gasteiger partial charge on any atom is -0.481 e. The fraction of sp³-hybridized carbons (Fsp3) is 0.278. The van der Waals surface area contributed by atoms with Gasteiger partial charge in [-0.2, -0.15) is 5.10 Å². The van der Waals surface area contributed by atoms with Gasteiger partial charge in [-0.3, -0.25) is 14.6 Å². The molecule has 0 aliphatic carbocycles. The van der Waals surface area contributed by atoms with E-state index in [0.717, 1.165) is 29.2 Å². The van der Waals surface area contributed by atoms with Crippen molar-refractivity contribution < 1.29 is 14.7 Å². The second kappa shape index (κ2) is 7.48. The second-order valence-electron chi connectivity index (χ2n) is 5.89. The Hall–Kier alpha value is -2.67. The van der Waals surface area contributed by atoms with E-state index in [1.807, 2.05) is 41.6 Å².